The Hall–Kier alpha value is -0.190. The normalized spacial score (nSPS) is 10.9. The maximum absolute atomic E-state index is 6.12. The number of rotatable bonds is 6. The first kappa shape index (κ1) is 12.9. The van der Waals surface area contributed by atoms with Crippen LogP contribution in [0.25, 0.3) is 0 Å². The lowest BCUT2D eigenvalue weighted by Gasteiger charge is -2.01. The molecule has 0 aliphatic heterocycles. The minimum absolute atomic E-state index is 0.756. The third-order valence-electron chi connectivity index (χ3n) is 2.15. The number of ether oxygens (including phenoxy) is 1. The number of aryl methyl sites for hydroxylation is 2. The summed E-state index contributed by atoms with van der Waals surface area (Å²) in [5.41, 5.74) is 2.18. The number of methoxy groups -OCH3 is 1. The molecule has 3 nitrogen and oxygen atoms in total. The van der Waals surface area contributed by atoms with Crippen LogP contribution in [0.1, 0.15) is 17.7 Å². The number of hydrogen-bond donors (Lipinski definition) is 0. The summed E-state index contributed by atoms with van der Waals surface area (Å²) < 4.78 is 6.71. The van der Waals surface area contributed by atoms with E-state index in [4.69, 9.17) is 16.3 Å². The van der Waals surface area contributed by atoms with Gasteiger partial charge in [-0.1, -0.05) is 11.6 Å². The van der Waals surface area contributed by atoms with E-state index in [1.807, 2.05) is 25.7 Å². The SMILES string of the molecule is COCCCSCc1c(C)nn(C)c1Cl. The molecule has 0 atom stereocenters. The van der Waals surface area contributed by atoms with Crippen LogP contribution in [0.15, 0.2) is 0 Å². The zero-order valence-electron chi connectivity index (χ0n) is 9.42. The lowest BCUT2D eigenvalue weighted by Crippen LogP contribution is -1.92. The molecule has 0 N–H and O–H groups in total. The Labute approximate surface area is 100 Å². The molecule has 0 aliphatic carbocycles. The molecule has 0 saturated heterocycles. The lowest BCUT2D eigenvalue weighted by atomic mass is 10.3. The molecule has 0 aromatic carbocycles. The highest BCUT2D eigenvalue weighted by atomic mass is 35.5. The summed E-state index contributed by atoms with van der Waals surface area (Å²) in [6, 6.07) is 0. The predicted octanol–water partition coefficient (Wildman–Crippen LogP) is 2.65. The van der Waals surface area contributed by atoms with E-state index < -0.39 is 0 Å². The highest BCUT2D eigenvalue weighted by Gasteiger charge is 2.10. The first-order valence-corrected chi connectivity index (χ1v) is 6.44. The minimum Gasteiger partial charge on any atom is -0.385 e. The Balaban J connectivity index is 2.37. The van der Waals surface area contributed by atoms with Gasteiger partial charge in [0.25, 0.3) is 0 Å². The molecule has 0 saturated carbocycles. The molecule has 0 bridgehead atoms. The molecule has 1 rings (SSSR count). The highest BCUT2D eigenvalue weighted by molar-refractivity contribution is 7.98. The van der Waals surface area contributed by atoms with Crippen LogP contribution < -0.4 is 0 Å². The van der Waals surface area contributed by atoms with Crippen molar-refractivity contribution in [3.63, 3.8) is 0 Å². The molecular formula is C10H17ClN2OS. The molecular weight excluding hydrogens is 232 g/mol. The van der Waals surface area contributed by atoms with E-state index in [2.05, 4.69) is 5.10 Å². The molecule has 5 heteroatoms. The van der Waals surface area contributed by atoms with Crippen LogP contribution in [0, 0.1) is 6.92 Å². The second-order valence-electron chi connectivity index (χ2n) is 3.38. The van der Waals surface area contributed by atoms with Crippen molar-refractivity contribution in [2.24, 2.45) is 7.05 Å². The van der Waals surface area contributed by atoms with Crippen molar-refractivity contribution in [2.45, 2.75) is 19.1 Å². The fraction of sp³-hybridized carbons (Fsp3) is 0.700. The van der Waals surface area contributed by atoms with Crippen molar-refractivity contribution in [3.05, 3.63) is 16.4 Å². The topological polar surface area (TPSA) is 27.1 Å². The van der Waals surface area contributed by atoms with Crippen molar-refractivity contribution < 1.29 is 4.74 Å². The quantitative estimate of drug-likeness (QED) is 0.725. The monoisotopic (exact) mass is 248 g/mol. The Bertz CT molecular complexity index is 315. The Morgan fingerprint density at radius 1 is 1.53 bits per heavy atom. The predicted molar refractivity (Wildman–Crippen MR) is 65.6 cm³/mol. The van der Waals surface area contributed by atoms with E-state index in [1.165, 1.54) is 0 Å². The van der Waals surface area contributed by atoms with E-state index >= 15 is 0 Å². The lowest BCUT2D eigenvalue weighted by molar-refractivity contribution is 0.200. The average molecular weight is 249 g/mol. The van der Waals surface area contributed by atoms with Gasteiger partial charge >= 0.3 is 0 Å². The van der Waals surface area contributed by atoms with Crippen molar-refractivity contribution in [3.8, 4) is 0 Å². The van der Waals surface area contributed by atoms with Gasteiger partial charge in [-0.3, -0.25) is 4.68 Å². The van der Waals surface area contributed by atoms with E-state index in [0.29, 0.717) is 0 Å². The van der Waals surface area contributed by atoms with E-state index in [1.54, 1.807) is 11.8 Å². The summed E-state index contributed by atoms with van der Waals surface area (Å²) in [6.45, 7) is 2.82. The van der Waals surface area contributed by atoms with Gasteiger partial charge in [0.05, 0.1) is 5.69 Å². The maximum Gasteiger partial charge on any atom is 0.131 e. The molecule has 1 aromatic heterocycles. The van der Waals surface area contributed by atoms with Gasteiger partial charge in [-0.2, -0.15) is 16.9 Å². The van der Waals surface area contributed by atoms with Crippen LogP contribution in [-0.4, -0.2) is 29.3 Å². The number of hydrogen-bond acceptors (Lipinski definition) is 3. The molecule has 1 aromatic rings. The van der Waals surface area contributed by atoms with Crippen LogP contribution in [0.2, 0.25) is 5.15 Å². The largest absolute Gasteiger partial charge is 0.385 e. The van der Waals surface area contributed by atoms with Crippen LogP contribution >= 0.6 is 23.4 Å². The summed E-state index contributed by atoms with van der Waals surface area (Å²) in [4.78, 5) is 0. The first-order valence-electron chi connectivity index (χ1n) is 4.91. The molecule has 0 fully saturated rings. The molecule has 0 radical (unpaired) electrons. The fourth-order valence-electron chi connectivity index (χ4n) is 1.32. The van der Waals surface area contributed by atoms with Gasteiger partial charge in [0.1, 0.15) is 5.15 Å². The van der Waals surface area contributed by atoms with Crippen LogP contribution in [0.5, 0.6) is 0 Å². The van der Waals surface area contributed by atoms with Crippen molar-refractivity contribution >= 4 is 23.4 Å². The molecule has 1 heterocycles. The third kappa shape index (κ3) is 3.70. The third-order valence-corrected chi connectivity index (χ3v) is 3.70. The molecule has 0 aliphatic rings. The summed E-state index contributed by atoms with van der Waals surface area (Å²) >= 11 is 7.99. The average Bonchev–Trinajstić information content (AvgIpc) is 2.44. The van der Waals surface area contributed by atoms with Crippen molar-refractivity contribution in [2.75, 3.05) is 19.5 Å². The van der Waals surface area contributed by atoms with Gasteiger partial charge in [0.2, 0.25) is 0 Å². The van der Waals surface area contributed by atoms with Gasteiger partial charge in [-0.05, 0) is 19.1 Å². The van der Waals surface area contributed by atoms with Crippen molar-refractivity contribution in [1.82, 2.24) is 9.78 Å². The second-order valence-corrected chi connectivity index (χ2v) is 4.84. The minimum atomic E-state index is 0.756. The van der Waals surface area contributed by atoms with Crippen LogP contribution in [-0.2, 0) is 17.5 Å². The zero-order valence-corrected chi connectivity index (χ0v) is 11.0. The smallest absolute Gasteiger partial charge is 0.131 e. The van der Waals surface area contributed by atoms with Crippen molar-refractivity contribution in [1.29, 1.82) is 0 Å². The van der Waals surface area contributed by atoms with E-state index in [9.17, 15) is 0 Å². The Morgan fingerprint density at radius 3 is 2.80 bits per heavy atom. The van der Waals surface area contributed by atoms with Crippen LogP contribution in [0.4, 0.5) is 0 Å². The number of nitrogens with zero attached hydrogens (tertiary/aromatic N) is 2. The summed E-state index contributed by atoms with van der Waals surface area (Å²) in [7, 11) is 3.60. The first-order chi connectivity index (χ1) is 7.16. The van der Waals surface area contributed by atoms with E-state index in [0.717, 1.165) is 40.9 Å². The maximum atomic E-state index is 6.12. The fourth-order valence-corrected chi connectivity index (χ4v) is 2.65. The van der Waals surface area contributed by atoms with Gasteiger partial charge < -0.3 is 4.74 Å². The summed E-state index contributed by atoms with van der Waals surface area (Å²) in [5.74, 6) is 2.03. The Morgan fingerprint density at radius 2 is 2.27 bits per heavy atom. The molecule has 0 unspecified atom stereocenters. The van der Waals surface area contributed by atoms with Crippen LogP contribution in [0.3, 0.4) is 0 Å². The summed E-state index contributed by atoms with van der Waals surface area (Å²) in [6.07, 6.45) is 1.08. The molecule has 0 amide bonds. The van der Waals surface area contributed by atoms with Gasteiger partial charge in [0.15, 0.2) is 0 Å². The second kappa shape index (κ2) is 6.40. The Kier molecular flexibility index (Phi) is 5.50. The van der Waals surface area contributed by atoms with Gasteiger partial charge in [0, 0.05) is 32.1 Å². The number of aromatic nitrogens is 2. The highest BCUT2D eigenvalue weighted by Crippen LogP contribution is 2.23. The summed E-state index contributed by atoms with van der Waals surface area (Å²) in [5, 5.41) is 5.03. The van der Waals surface area contributed by atoms with Gasteiger partial charge in [-0.25, -0.2) is 0 Å². The zero-order chi connectivity index (χ0) is 11.3. The van der Waals surface area contributed by atoms with Gasteiger partial charge in [-0.15, -0.1) is 0 Å². The molecule has 86 valence electrons. The molecule has 0 spiro atoms. The molecule has 15 heavy (non-hydrogen) atoms. The standard InChI is InChI=1S/C10H17ClN2OS/c1-8-9(10(11)13(2)12-8)7-15-6-4-5-14-3/h4-7H2,1-3H3. The number of thioether (sulfide) groups is 1. The van der Waals surface area contributed by atoms with E-state index in [-0.39, 0.29) is 0 Å². The number of halogens is 1.